The van der Waals surface area contributed by atoms with Crippen LogP contribution in [0.5, 0.6) is 0 Å². The van der Waals surface area contributed by atoms with Crippen LogP contribution < -0.4 is 10.6 Å². The fourth-order valence-corrected chi connectivity index (χ4v) is 2.35. The van der Waals surface area contributed by atoms with Gasteiger partial charge in [-0.25, -0.2) is 0 Å². The molecule has 0 saturated carbocycles. The van der Waals surface area contributed by atoms with E-state index < -0.39 is 0 Å². The van der Waals surface area contributed by atoms with Crippen LogP contribution in [0.25, 0.3) is 0 Å². The van der Waals surface area contributed by atoms with E-state index in [9.17, 15) is 4.79 Å². The Morgan fingerprint density at radius 1 is 1.28 bits per heavy atom. The molecular weight excluding hydrogens is 248 g/mol. The van der Waals surface area contributed by atoms with Crippen LogP contribution in [-0.4, -0.2) is 19.5 Å². The molecule has 0 atom stereocenters. The first kappa shape index (κ1) is 15.0. The van der Waals surface area contributed by atoms with Gasteiger partial charge in [-0.2, -0.15) is 0 Å². The van der Waals surface area contributed by atoms with Crippen molar-refractivity contribution in [2.75, 3.05) is 18.9 Å². The summed E-state index contributed by atoms with van der Waals surface area (Å²) in [5, 5.41) is 6.01. The minimum Gasteiger partial charge on any atom is -0.326 e. The van der Waals surface area contributed by atoms with Crippen LogP contribution in [0.3, 0.4) is 0 Å². The number of benzene rings is 1. The Kier molecular flexibility index (Phi) is 6.16. The molecular formula is C14H21ClN2O. The molecule has 2 rings (SSSR count). The number of anilines is 1. The van der Waals surface area contributed by atoms with Crippen LogP contribution in [0.1, 0.15) is 30.4 Å². The molecule has 0 heterocycles. The third-order valence-electron chi connectivity index (χ3n) is 3.27. The summed E-state index contributed by atoms with van der Waals surface area (Å²) >= 11 is 0. The van der Waals surface area contributed by atoms with Gasteiger partial charge in [0.1, 0.15) is 0 Å². The van der Waals surface area contributed by atoms with E-state index in [0.29, 0.717) is 6.42 Å². The average Bonchev–Trinajstić information content (AvgIpc) is 2.37. The predicted molar refractivity (Wildman–Crippen MR) is 77.5 cm³/mol. The van der Waals surface area contributed by atoms with E-state index in [2.05, 4.69) is 16.7 Å². The van der Waals surface area contributed by atoms with Crippen molar-refractivity contribution in [3.63, 3.8) is 0 Å². The highest BCUT2D eigenvalue weighted by atomic mass is 35.5. The van der Waals surface area contributed by atoms with Gasteiger partial charge in [0.2, 0.25) is 5.91 Å². The zero-order valence-electron chi connectivity index (χ0n) is 10.8. The van der Waals surface area contributed by atoms with Crippen molar-refractivity contribution in [1.29, 1.82) is 0 Å². The van der Waals surface area contributed by atoms with Crippen LogP contribution >= 0.6 is 12.4 Å². The summed E-state index contributed by atoms with van der Waals surface area (Å²) < 4.78 is 0. The Labute approximate surface area is 115 Å². The van der Waals surface area contributed by atoms with E-state index in [1.165, 1.54) is 24.0 Å². The molecule has 0 bridgehead atoms. The molecule has 3 nitrogen and oxygen atoms in total. The lowest BCUT2D eigenvalue weighted by molar-refractivity contribution is -0.116. The maximum Gasteiger partial charge on any atom is 0.225 e. The highest BCUT2D eigenvalue weighted by Crippen LogP contribution is 2.27. The van der Waals surface area contributed by atoms with Crippen molar-refractivity contribution >= 4 is 24.0 Å². The van der Waals surface area contributed by atoms with Crippen LogP contribution in [0, 0.1) is 0 Å². The number of rotatable bonds is 4. The summed E-state index contributed by atoms with van der Waals surface area (Å²) in [6.07, 6.45) is 5.27. The second kappa shape index (κ2) is 7.39. The second-order valence-corrected chi connectivity index (χ2v) is 4.55. The van der Waals surface area contributed by atoms with Crippen molar-refractivity contribution in [2.24, 2.45) is 0 Å². The zero-order chi connectivity index (χ0) is 12.1. The minimum absolute atomic E-state index is 0. The molecule has 1 aliphatic carbocycles. The summed E-state index contributed by atoms with van der Waals surface area (Å²) in [6, 6.07) is 6.23. The lowest BCUT2D eigenvalue weighted by atomic mass is 9.90. The quantitative estimate of drug-likeness (QED) is 0.881. The molecule has 0 fully saturated rings. The van der Waals surface area contributed by atoms with Gasteiger partial charge >= 0.3 is 0 Å². The lowest BCUT2D eigenvalue weighted by Gasteiger charge is -2.19. The van der Waals surface area contributed by atoms with Crippen molar-refractivity contribution in [3.8, 4) is 0 Å². The third-order valence-corrected chi connectivity index (χ3v) is 3.27. The number of hydrogen-bond donors (Lipinski definition) is 2. The molecule has 1 aromatic carbocycles. The summed E-state index contributed by atoms with van der Waals surface area (Å²) in [6.45, 7) is 0.723. The topological polar surface area (TPSA) is 41.1 Å². The van der Waals surface area contributed by atoms with Gasteiger partial charge in [0, 0.05) is 18.7 Å². The Morgan fingerprint density at radius 3 is 2.83 bits per heavy atom. The molecule has 4 heteroatoms. The van der Waals surface area contributed by atoms with E-state index in [-0.39, 0.29) is 18.3 Å². The first-order chi connectivity index (χ1) is 8.31. The fourth-order valence-electron chi connectivity index (χ4n) is 2.35. The predicted octanol–water partition coefficient (Wildman–Crippen LogP) is 2.54. The molecule has 1 aromatic rings. The molecule has 2 N–H and O–H groups in total. The molecule has 0 spiro atoms. The molecule has 18 heavy (non-hydrogen) atoms. The number of fused-ring (bicyclic) bond motifs is 1. The van der Waals surface area contributed by atoms with Crippen LogP contribution in [0.2, 0.25) is 0 Å². The monoisotopic (exact) mass is 268 g/mol. The fraction of sp³-hybridized carbons (Fsp3) is 0.500. The molecule has 0 aromatic heterocycles. The maximum atomic E-state index is 11.7. The van der Waals surface area contributed by atoms with Gasteiger partial charge in [0.25, 0.3) is 0 Å². The summed E-state index contributed by atoms with van der Waals surface area (Å²) in [5.74, 6) is 0.0957. The van der Waals surface area contributed by atoms with E-state index in [0.717, 1.165) is 25.1 Å². The number of halogens is 1. The third kappa shape index (κ3) is 3.72. The number of carbonyl (C=O) groups is 1. The largest absolute Gasteiger partial charge is 0.326 e. The van der Waals surface area contributed by atoms with Gasteiger partial charge in [0.05, 0.1) is 0 Å². The highest BCUT2D eigenvalue weighted by Gasteiger charge is 2.13. The Balaban J connectivity index is 0.00000162. The molecule has 100 valence electrons. The van der Waals surface area contributed by atoms with Gasteiger partial charge in [-0.15, -0.1) is 12.4 Å². The number of nitrogens with one attached hydrogen (secondary N) is 2. The first-order valence-electron chi connectivity index (χ1n) is 6.36. The molecule has 0 unspecified atom stereocenters. The lowest BCUT2D eigenvalue weighted by Crippen LogP contribution is -2.20. The van der Waals surface area contributed by atoms with Gasteiger partial charge in [-0.3, -0.25) is 4.79 Å². The molecule has 0 aliphatic heterocycles. The van der Waals surface area contributed by atoms with Gasteiger partial charge in [-0.05, 0) is 49.9 Å². The standard InChI is InChI=1S/C14H20N2O.ClH/c1-15-10-9-14(17)16-13-8-4-6-11-5-2-3-7-12(11)13;/h4,6,8,15H,2-3,5,7,9-10H2,1H3,(H,16,17);1H. The first-order valence-corrected chi connectivity index (χ1v) is 6.36. The summed E-state index contributed by atoms with van der Waals surface area (Å²) in [4.78, 5) is 11.7. The summed E-state index contributed by atoms with van der Waals surface area (Å²) in [7, 11) is 1.86. The normalized spacial score (nSPS) is 13.4. The number of hydrogen-bond acceptors (Lipinski definition) is 2. The molecule has 1 amide bonds. The highest BCUT2D eigenvalue weighted by molar-refractivity contribution is 5.91. The number of carbonyl (C=O) groups excluding carboxylic acids is 1. The van der Waals surface area contributed by atoms with Gasteiger partial charge in [-0.1, -0.05) is 12.1 Å². The Hall–Kier alpha value is -1.06. The number of amides is 1. The Morgan fingerprint density at radius 2 is 2.06 bits per heavy atom. The van der Waals surface area contributed by atoms with Crippen molar-refractivity contribution in [3.05, 3.63) is 29.3 Å². The van der Waals surface area contributed by atoms with Crippen LogP contribution in [-0.2, 0) is 17.6 Å². The van der Waals surface area contributed by atoms with Crippen LogP contribution in [0.15, 0.2) is 18.2 Å². The minimum atomic E-state index is 0. The van der Waals surface area contributed by atoms with E-state index in [1.54, 1.807) is 0 Å². The Bertz CT molecular complexity index is 407. The molecule has 0 radical (unpaired) electrons. The second-order valence-electron chi connectivity index (χ2n) is 4.55. The van der Waals surface area contributed by atoms with E-state index in [4.69, 9.17) is 0 Å². The molecule has 1 aliphatic rings. The smallest absolute Gasteiger partial charge is 0.225 e. The van der Waals surface area contributed by atoms with Crippen molar-refractivity contribution in [1.82, 2.24) is 5.32 Å². The maximum absolute atomic E-state index is 11.7. The van der Waals surface area contributed by atoms with E-state index in [1.807, 2.05) is 19.2 Å². The molecule has 0 saturated heterocycles. The van der Waals surface area contributed by atoms with Gasteiger partial charge in [0.15, 0.2) is 0 Å². The van der Waals surface area contributed by atoms with Crippen molar-refractivity contribution < 1.29 is 4.79 Å². The van der Waals surface area contributed by atoms with E-state index >= 15 is 0 Å². The number of aryl methyl sites for hydroxylation is 1. The summed E-state index contributed by atoms with van der Waals surface area (Å²) in [5.41, 5.74) is 3.77. The van der Waals surface area contributed by atoms with Crippen LogP contribution in [0.4, 0.5) is 5.69 Å². The zero-order valence-corrected chi connectivity index (χ0v) is 11.6. The average molecular weight is 269 g/mol. The SMILES string of the molecule is CNCCC(=O)Nc1cccc2c1CCCC2.Cl. The van der Waals surface area contributed by atoms with Crippen molar-refractivity contribution in [2.45, 2.75) is 32.1 Å². The van der Waals surface area contributed by atoms with Gasteiger partial charge < -0.3 is 10.6 Å².